The molecule has 3 heterocycles. The molecule has 1 saturated heterocycles. The topological polar surface area (TPSA) is 314 Å². The van der Waals surface area contributed by atoms with Gasteiger partial charge in [-0.3, -0.25) is 18.3 Å². The van der Waals surface area contributed by atoms with Crippen molar-refractivity contribution in [1.82, 2.24) is 19.5 Å². The normalized spacial score (nSPS) is 28.4. The van der Waals surface area contributed by atoms with Gasteiger partial charge in [-0.15, -0.1) is 0 Å². The van der Waals surface area contributed by atoms with Crippen molar-refractivity contribution in [2.75, 3.05) is 12.3 Å². The van der Waals surface area contributed by atoms with Crippen molar-refractivity contribution in [3.05, 3.63) is 19.7 Å². The number of nitrogen functional groups attached to an aromatic ring is 1. The van der Waals surface area contributed by atoms with Crippen LogP contribution in [0, 0.1) is 7.05 Å². The quantitative estimate of drug-likeness (QED) is 0.202. The zero-order valence-corrected chi connectivity index (χ0v) is 18.6. The Bertz CT molecular complexity index is 1110. The summed E-state index contributed by atoms with van der Waals surface area (Å²) in [5, 5.41) is 20.3. The summed E-state index contributed by atoms with van der Waals surface area (Å²) < 4.78 is 50.6. The number of nitrogens with zero attached hydrogens (tertiary/aromatic N) is 4. The number of phosphoric acid groups is 3. The van der Waals surface area contributed by atoms with Crippen molar-refractivity contribution in [3.63, 3.8) is 0 Å². The van der Waals surface area contributed by atoms with Gasteiger partial charge in [0.15, 0.2) is 17.7 Å². The standard InChI is InChI=1S/C10H16N5O13P3.CH2N/c11-8-5-9(13-2-12-8)15(3-14-5)10-7(17)6(16)4(26-10)1-25-30(21,22)28-31(23,24)27-29(18,19)20;1-2/h2-4,6-7,10,16-17H,1H2,(H,21,22)(H,23,24)(H2,11,12,13)(H2,18,19,20);2H2/q;+3/p-3/t4-,6-,7-,10-;/m1./s1. The molecular weight excluding hydrogens is 517 g/mol. The minimum absolute atomic E-state index is 0.0240. The third-order valence-electron chi connectivity index (χ3n) is 3.80. The van der Waals surface area contributed by atoms with Crippen LogP contribution in [0.4, 0.5) is 5.82 Å². The average Bonchev–Trinajstić information content (AvgIpc) is 3.22. The van der Waals surface area contributed by atoms with Crippen molar-refractivity contribution in [3.8, 4) is 0 Å². The molecule has 1 aliphatic rings. The van der Waals surface area contributed by atoms with Crippen molar-refractivity contribution in [2.24, 2.45) is 5.73 Å². The van der Waals surface area contributed by atoms with Gasteiger partial charge in [0, 0.05) is 0 Å². The van der Waals surface area contributed by atoms with Gasteiger partial charge in [0.2, 0.25) is 0 Å². The Balaban J connectivity index is 0.00000187. The van der Waals surface area contributed by atoms with E-state index in [0.29, 0.717) is 0 Å². The van der Waals surface area contributed by atoms with E-state index in [1.807, 2.05) is 0 Å². The summed E-state index contributed by atoms with van der Waals surface area (Å²) in [7, 11) is -12.5. The number of hydrogen-bond donors (Lipinski definition) is 5. The number of hydrogen-bond acceptors (Lipinski definition) is 17. The van der Waals surface area contributed by atoms with Crippen molar-refractivity contribution in [1.29, 1.82) is 0 Å². The molecule has 0 aliphatic carbocycles. The van der Waals surface area contributed by atoms with Crippen LogP contribution in [-0.2, 0) is 31.6 Å². The monoisotopic (exact) mass is 532 g/mol. The number of nitrogens with two attached hydrogens (primary N) is 2. The molecule has 7 atom stereocenters. The van der Waals surface area contributed by atoms with E-state index in [9.17, 15) is 38.6 Å². The van der Waals surface area contributed by atoms with Crippen molar-refractivity contribution >= 4 is 40.4 Å². The minimum atomic E-state index is -6.08. The molecule has 1 aliphatic heterocycles. The number of aliphatic hydroxyl groups excluding tert-OH is 2. The molecule has 7 N–H and O–H groups in total. The predicted molar refractivity (Wildman–Crippen MR) is 96.2 cm³/mol. The van der Waals surface area contributed by atoms with Crippen LogP contribution in [0.25, 0.3) is 11.2 Å². The molecule has 3 unspecified atom stereocenters. The summed E-state index contributed by atoms with van der Waals surface area (Å²) in [5.74, 6) is 0.0240. The number of ether oxygens (including phenoxy) is 1. The van der Waals surface area contributed by atoms with Gasteiger partial charge in [0.1, 0.15) is 30.2 Å². The second-order valence-corrected chi connectivity index (χ2v) is 10.2. The van der Waals surface area contributed by atoms with Crippen LogP contribution in [0.1, 0.15) is 6.23 Å². The number of anilines is 1. The number of imidazole rings is 1. The first-order valence-electron chi connectivity index (χ1n) is 8.16. The molecule has 2 aromatic heterocycles. The average molecular weight is 532 g/mol. The van der Waals surface area contributed by atoms with Gasteiger partial charge in [-0.1, -0.05) is 0 Å². The number of aliphatic hydroxyl groups is 2. The van der Waals surface area contributed by atoms with Crippen LogP contribution in [0.2, 0.25) is 0 Å². The van der Waals surface area contributed by atoms with Gasteiger partial charge in [-0.25, -0.2) is 23.6 Å². The maximum atomic E-state index is 11.6. The Morgan fingerprint density at radius 2 is 1.73 bits per heavy atom. The van der Waals surface area contributed by atoms with Crippen molar-refractivity contribution < 1.29 is 61.4 Å². The summed E-state index contributed by atoms with van der Waals surface area (Å²) in [6.45, 7) is -1.06. The third-order valence-corrected chi connectivity index (χ3v) is 7.49. The number of rotatable bonds is 8. The van der Waals surface area contributed by atoms with Gasteiger partial charge >= 0.3 is 12.8 Å². The van der Waals surface area contributed by atoms with Crippen LogP contribution < -0.4 is 26.1 Å². The fourth-order valence-corrected chi connectivity index (χ4v) is 5.50. The zero-order valence-electron chi connectivity index (χ0n) is 15.9. The van der Waals surface area contributed by atoms with E-state index in [-0.39, 0.29) is 17.0 Å². The van der Waals surface area contributed by atoms with Gasteiger partial charge in [0.05, 0.1) is 12.9 Å². The Hall–Kier alpha value is -1.40. The van der Waals surface area contributed by atoms with Gasteiger partial charge in [0.25, 0.3) is 23.5 Å². The first-order chi connectivity index (χ1) is 15.2. The molecule has 19 nitrogen and oxygen atoms in total. The van der Waals surface area contributed by atoms with Crippen LogP contribution in [0.5, 0.6) is 0 Å². The van der Waals surface area contributed by atoms with E-state index in [0.717, 1.165) is 6.33 Å². The summed E-state index contributed by atoms with van der Waals surface area (Å²) in [6.07, 6.45) is -3.94. The van der Waals surface area contributed by atoms with Crippen LogP contribution in [-0.4, -0.2) is 59.5 Å². The molecule has 0 aromatic carbocycles. The molecule has 2 aromatic rings. The summed E-state index contributed by atoms with van der Waals surface area (Å²) in [6, 6.07) is 0. The molecule has 0 spiro atoms. The number of aromatic nitrogens is 4. The molecule has 22 heteroatoms. The van der Waals surface area contributed by atoms with E-state index >= 15 is 0 Å². The summed E-state index contributed by atoms with van der Waals surface area (Å²) >= 11 is 0. The fraction of sp³-hybridized carbons (Fsp3) is 0.455. The molecular formula is C11H15N6O13P3. The van der Waals surface area contributed by atoms with Crippen LogP contribution >= 0.6 is 23.5 Å². The summed E-state index contributed by atoms with van der Waals surface area (Å²) in [5.41, 5.74) is 9.69. The second kappa shape index (κ2) is 10.5. The Kier molecular flexibility index (Phi) is 8.83. The molecule has 182 valence electrons. The van der Waals surface area contributed by atoms with Crippen LogP contribution in [0.3, 0.4) is 0 Å². The van der Waals surface area contributed by atoms with Gasteiger partial charge in [-0.05, 0) is 0 Å². The number of phosphoric ester groups is 1. The molecule has 0 saturated carbocycles. The SMILES string of the molecule is Nc1ncnc2c1ncn2[C@@H]1O[C@H](COP(=O)([O-])OP(=O)([O-])OP(=O)([O-])O)[C@@H](O)[C@H]1O.[C+3]N. The summed E-state index contributed by atoms with van der Waals surface area (Å²) in [4.78, 5) is 53.1. The molecule has 0 radical (unpaired) electrons. The predicted octanol–water partition coefficient (Wildman–Crippen LogP) is -4.03. The van der Waals surface area contributed by atoms with Gasteiger partial charge < -0.3 is 44.8 Å². The first kappa shape index (κ1) is 27.8. The van der Waals surface area contributed by atoms with Gasteiger partial charge in [-0.2, -0.15) is 0 Å². The second-order valence-electron chi connectivity index (χ2n) is 5.95. The zero-order chi connectivity index (χ0) is 25.2. The molecule has 0 amide bonds. The third kappa shape index (κ3) is 7.05. The number of fused-ring (bicyclic) bond motifs is 1. The molecule has 3 rings (SSSR count). The van der Waals surface area contributed by atoms with Crippen LogP contribution in [0.15, 0.2) is 12.7 Å². The van der Waals surface area contributed by atoms with E-state index < -0.39 is 54.6 Å². The molecule has 33 heavy (non-hydrogen) atoms. The molecule has 0 bridgehead atoms. The molecule has 1 fully saturated rings. The van der Waals surface area contributed by atoms with Crippen molar-refractivity contribution in [2.45, 2.75) is 24.5 Å². The van der Waals surface area contributed by atoms with E-state index in [1.165, 1.54) is 10.9 Å². The first-order valence-corrected chi connectivity index (χ1v) is 12.6. The Morgan fingerprint density at radius 1 is 1.09 bits per heavy atom. The Labute approximate surface area is 184 Å². The van der Waals surface area contributed by atoms with E-state index in [2.05, 4.69) is 33.8 Å². The Morgan fingerprint density at radius 3 is 2.33 bits per heavy atom. The maximum absolute atomic E-state index is 11.6. The fourth-order valence-electron chi connectivity index (χ4n) is 2.61. The van der Waals surface area contributed by atoms with E-state index in [1.54, 1.807) is 0 Å². The van der Waals surface area contributed by atoms with E-state index in [4.69, 9.17) is 22.4 Å².